The molecule has 0 fully saturated rings. The third-order valence-corrected chi connectivity index (χ3v) is 3.64. The smallest absolute Gasteiger partial charge is 0.0398 e. The van der Waals surface area contributed by atoms with Gasteiger partial charge in [-0.2, -0.15) is 0 Å². The lowest BCUT2D eigenvalue weighted by Crippen LogP contribution is -2.34. The van der Waals surface area contributed by atoms with E-state index in [1.54, 1.807) is 0 Å². The van der Waals surface area contributed by atoms with Crippen LogP contribution < -0.4 is 10.6 Å². The van der Waals surface area contributed by atoms with E-state index in [0.29, 0.717) is 6.04 Å². The molecule has 1 heterocycles. The lowest BCUT2D eigenvalue weighted by Gasteiger charge is -2.32. The molecule has 0 bridgehead atoms. The summed E-state index contributed by atoms with van der Waals surface area (Å²) in [7, 11) is 0. The second-order valence-electron chi connectivity index (χ2n) is 5.06. The van der Waals surface area contributed by atoms with Crippen LogP contribution in [0, 0.1) is 0 Å². The number of rotatable bonds is 5. The molecule has 0 spiro atoms. The van der Waals surface area contributed by atoms with Crippen LogP contribution in [0.25, 0.3) is 0 Å². The Kier molecular flexibility index (Phi) is 4.43. The highest BCUT2D eigenvalue weighted by Gasteiger charge is 2.16. The summed E-state index contributed by atoms with van der Waals surface area (Å²) in [4.78, 5) is 2.51. The van der Waals surface area contributed by atoms with Crippen molar-refractivity contribution >= 4 is 5.69 Å². The minimum atomic E-state index is 0.370. The fourth-order valence-corrected chi connectivity index (χ4v) is 2.68. The lowest BCUT2D eigenvalue weighted by atomic mass is 10.0. The molecule has 0 aromatic heterocycles. The summed E-state index contributed by atoms with van der Waals surface area (Å²) in [6, 6.07) is 9.16. The molecule has 0 saturated carbocycles. The number of anilines is 1. The van der Waals surface area contributed by atoms with Crippen LogP contribution in [0.5, 0.6) is 0 Å². The SMILES string of the molecule is CCCC(N)CCN1CCCc2ccccc21. The Hall–Kier alpha value is -1.02. The number of aryl methyl sites for hydroxylation is 1. The first-order valence-electron chi connectivity index (χ1n) is 6.89. The molecular formula is C15H24N2. The normalized spacial score (nSPS) is 16.7. The van der Waals surface area contributed by atoms with Crippen LogP contribution in [0.3, 0.4) is 0 Å². The molecule has 1 unspecified atom stereocenters. The van der Waals surface area contributed by atoms with E-state index in [1.165, 1.54) is 37.1 Å². The van der Waals surface area contributed by atoms with Crippen LogP contribution in [0.2, 0.25) is 0 Å². The van der Waals surface area contributed by atoms with E-state index in [1.807, 2.05) is 0 Å². The minimum absolute atomic E-state index is 0.370. The molecule has 2 heteroatoms. The molecule has 0 aliphatic carbocycles. The maximum atomic E-state index is 6.09. The highest BCUT2D eigenvalue weighted by atomic mass is 15.1. The number of benzene rings is 1. The number of nitrogens with two attached hydrogens (primary N) is 1. The number of nitrogens with zero attached hydrogens (tertiary/aromatic N) is 1. The first-order chi connectivity index (χ1) is 8.31. The summed E-state index contributed by atoms with van der Waals surface area (Å²) in [6.07, 6.45) is 5.96. The standard InChI is InChI=1S/C15H24N2/c1-2-6-14(16)10-12-17-11-5-8-13-7-3-4-9-15(13)17/h3-4,7,9,14H,2,5-6,8,10-12,16H2,1H3. The van der Waals surface area contributed by atoms with Crippen LogP contribution in [0.1, 0.15) is 38.2 Å². The zero-order chi connectivity index (χ0) is 12.1. The molecule has 0 amide bonds. The van der Waals surface area contributed by atoms with Crippen LogP contribution in [-0.4, -0.2) is 19.1 Å². The van der Waals surface area contributed by atoms with Gasteiger partial charge in [0.1, 0.15) is 0 Å². The van der Waals surface area contributed by atoms with E-state index >= 15 is 0 Å². The van der Waals surface area contributed by atoms with Gasteiger partial charge >= 0.3 is 0 Å². The zero-order valence-corrected chi connectivity index (χ0v) is 10.9. The summed E-state index contributed by atoms with van der Waals surface area (Å²) in [6.45, 7) is 4.50. The van der Waals surface area contributed by atoms with Crippen molar-refractivity contribution in [1.29, 1.82) is 0 Å². The molecule has 1 aliphatic heterocycles. The van der Waals surface area contributed by atoms with Crippen molar-refractivity contribution in [3.05, 3.63) is 29.8 Å². The number of hydrogen-bond donors (Lipinski definition) is 1. The molecule has 1 atom stereocenters. The van der Waals surface area contributed by atoms with E-state index < -0.39 is 0 Å². The van der Waals surface area contributed by atoms with Crippen LogP contribution in [0.15, 0.2) is 24.3 Å². The zero-order valence-electron chi connectivity index (χ0n) is 10.9. The largest absolute Gasteiger partial charge is 0.371 e. The van der Waals surface area contributed by atoms with Gasteiger partial charge in [0, 0.05) is 24.8 Å². The quantitative estimate of drug-likeness (QED) is 0.845. The molecule has 94 valence electrons. The molecule has 0 radical (unpaired) electrons. The first-order valence-corrected chi connectivity index (χ1v) is 6.89. The van der Waals surface area contributed by atoms with Gasteiger partial charge in [0.05, 0.1) is 0 Å². The van der Waals surface area contributed by atoms with Gasteiger partial charge in [0.25, 0.3) is 0 Å². The molecule has 1 aromatic rings. The van der Waals surface area contributed by atoms with Gasteiger partial charge in [-0.25, -0.2) is 0 Å². The summed E-state index contributed by atoms with van der Waals surface area (Å²) in [5.74, 6) is 0. The second kappa shape index (κ2) is 6.06. The van der Waals surface area contributed by atoms with E-state index in [0.717, 1.165) is 19.4 Å². The second-order valence-corrected chi connectivity index (χ2v) is 5.06. The molecule has 2 N–H and O–H groups in total. The van der Waals surface area contributed by atoms with Gasteiger partial charge in [-0.1, -0.05) is 31.5 Å². The Labute approximate surface area is 105 Å². The average molecular weight is 232 g/mol. The van der Waals surface area contributed by atoms with Crippen molar-refractivity contribution in [2.24, 2.45) is 5.73 Å². The summed E-state index contributed by atoms with van der Waals surface area (Å²) >= 11 is 0. The molecule has 2 rings (SSSR count). The average Bonchev–Trinajstić information content (AvgIpc) is 2.36. The van der Waals surface area contributed by atoms with Crippen molar-refractivity contribution in [1.82, 2.24) is 0 Å². The summed E-state index contributed by atoms with van der Waals surface area (Å²) in [5, 5.41) is 0. The minimum Gasteiger partial charge on any atom is -0.371 e. The van der Waals surface area contributed by atoms with Gasteiger partial charge in [-0.05, 0) is 37.3 Å². The maximum Gasteiger partial charge on any atom is 0.0398 e. The summed E-state index contributed by atoms with van der Waals surface area (Å²) in [5.41, 5.74) is 9.03. The lowest BCUT2D eigenvalue weighted by molar-refractivity contribution is 0.545. The third-order valence-electron chi connectivity index (χ3n) is 3.64. The molecule has 1 aliphatic rings. The Morgan fingerprint density at radius 2 is 2.12 bits per heavy atom. The maximum absolute atomic E-state index is 6.09. The predicted octanol–water partition coefficient (Wildman–Crippen LogP) is 2.96. The van der Waals surface area contributed by atoms with E-state index in [2.05, 4.69) is 36.1 Å². The molecule has 17 heavy (non-hydrogen) atoms. The van der Waals surface area contributed by atoms with E-state index in [9.17, 15) is 0 Å². The number of hydrogen-bond acceptors (Lipinski definition) is 2. The predicted molar refractivity (Wildman–Crippen MR) is 74.5 cm³/mol. The van der Waals surface area contributed by atoms with Crippen molar-refractivity contribution in [3.63, 3.8) is 0 Å². The molecular weight excluding hydrogens is 208 g/mol. The Morgan fingerprint density at radius 1 is 1.29 bits per heavy atom. The van der Waals surface area contributed by atoms with Gasteiger partial charge in [0.2, 0.25) is 0 Å². The molecule has 2 nitrogen and oxygen atoms in total. The topological polar surface area (TPSA) is 29.3 Å². The van der Waals surface area contributed by atoms with Crippen molar-refractivity contribution in [2.75, 3.05) is 18.0 Å². The van der Waals surface area contributed by atoms with Crippen molar-refractivity contribution in [2.45, 2.75) is 45.1 Å². The van der Waals surface area contributed by atoms with Gasteiger partial charge in [-0.3, -0.25) is 0 Å². The fourth-order valence-electron chi connectivity index (χ4n) is 2.68. The Bertz CT molecular complexity index is 349. The monoisotopic (exact) mass is 232 g/mol. The van der Waals surface area contributed by atoms with E-state index in [-0.39, 0.29) is 0 Å². The highest BCUT2D eigenvalue weighted by Crippen LogP contribution is 2.26. The van der Waals surface area contributed by atoms with Gasteiger partial charge in [-0.15, -0.1) is 0 Å². The van der Waals surface area contributed by atoms with Crippen molar-refractivity contribution in [3.8, 4) is 0 Å². The van der Waals surface area contributed by atoms with E-state index in [4.69, 9.17) is 5.73 Å². The number of para-hydroxylation sites is 1. The van der Waals surface area contributed by atoms with Crippen LogP contribution >= 0.6 is 0 Å². The first kappa shape index (κ1) is 12.4. The van der Waals surface area contributed by atoms with Crippen LogP contribution in [-0.2, 0) is 6.42 Å². The Balaban J connectivity index is 1.94. The summed E-state index contributed by atoms with van der Waals surface area (Å²) < 4.78 is 0. The van der Waals surface area contributed by atoms with Gasteiger partial charge in [0.15, 0.2) is 0 Å². The molecule has 0 saturated heterocycles. The fraction of sp³-hybridized carbons (Fsp3) is 0.600. The highest BCUT2D eigenvalue weighted by molar-refractivity contribution is 5.55. The molecule has 1 aromatic carbocycles. The number of fused-ring (bicyclic) bond motifs is 1. The Morgan fingerprint density at radius 3 is 2.94 bits per heavy atom. The third kappa shape index (κ3) is 3.22. The van der Waals surface area contributed by atoms with Crippen molar-refractivity contribution < 1.29 is 0 Å². The van der Waals surface area contributed by atoms with Crippen LogP contribution in [0.4, 0.5) is 5.69 Å². The van der Waals surface area contributed by atoms with Gasteiger partial charge < -0.3 is 10.6 Å².